The van der Waals surface area contributed by atoms with E-state index in [1.54, 1.807) is 37.2 Å². The predicted molar refractivity (Wildman–Crippen MR) is 129 cm³/mol. The molecule has 0 unspecified atom stereocenters. The molecule has 0 aromatic heterocycles. The highest BCUT2D eigenvalue weighted by Crippen LogP contribution is 2.19. The minimum absolute atomic E-state index is 0.0331. The highest BCUT2D eigenvalue weighted by Gasteiger charge is 2.29. The Bertz CT molecular complexity index is 1160. The molecule has 1 N–H and O–H groups in total. The number of hydrogen-bond acceptors (Lipinski definition) is 5. The average molecular weight is 486 g/mol. The Morgan fingerprint density at radius 3 is 2.44 bits per heavy atom. The molecule has 8 nitrogen and oxygen atoms in total. The first-order valence-corrected chi connectivity index (χ1v) is 12.8. The Morgan fingerprint density at radius 1 is 1.09 bits per heavy atom. The fourth-order valence-electron chi connectivity index (χ4n) is 3.86. The van der Waals surface area contributed by atoms with Crippen LogP contribution in [0.1, 0.15) is 40.7 Å². The minimum atomic E-state index is -3.99. The van der Waals surface area contributed by atoms with Gasteiger partial charge >= 0.3 is 0 Å². The first-order chi connectivity index (χ1) is 16.1. The van der Waals surface area contributed by atoms with E-state index in [1.165, 1.54) is 17.0 Å². The van der Waals surface area contributed by atoms with Gasteiger partial charge in [0.1, 0.15) is 0 Å². The summed E-state index contributed by atoms with van der Waals surface area (Å²) in [7, 11) is -0.879. The van der Waals surface area contributed by atoms with Gasteiger partial charge in [-0.3, -0.25) is 14.4 Å². The van der Waals surface area contributed by atoms with Crippen LogP contribution in [0.15, 0.2) is 53.4 Å². The summed E-state index contributed by atoms with van der Waals surface area (Å²) in [6, 6.07) is 12.6. The lowest BCUT2D eigenvalue weighted by molar-refractivity contribution is -0.132. The first-order valence-electron chi connectivity index (χ1n) is 11.3. The summed E-state index contributed by atoms with van der Waals surface area (Å²) >= 11 is 0. The van der Waals surface area contributed by atoms with E-state index in [0.29, 0.717) is 25.1 Å². The second-order valence-electron chi connectivity index (χ2n) is 8.75. The van der Waals surface area contributed by atoms with E-state index in [1.807, 2.05) is 25.1 Å². The van der Waals surface area contributed by atoms with E-state index in [9.17, 15) is 22.8 Å². The summed E-state index contributed by atoms with van der Waals surface area (Å²) < 4.78 is 28.1. The standard InChI is InChI=1S/C25H31N3O5S/c1-18-10-12-20(13-11-18)34(32,33)26-22(17-24(30)27(2)3)23(29)9-6-15-28-16-14-19-7-4-5-8-21(19)25(28)31/h4-5,7-8,10-13,22,26H,6,9,14-17H2,1-3H3/t22-/m0/s1. The third-order valence-corrected chi connectivity index (χ3v) is 7.42. The molecule has 1 atom stereocenters. The van der Waals surface area contributed by atoms with Gasteiger partial charge in [-0.2, -0.15) is 0 Å². The second-order valence-corrected chi connectivity index (χ2v) is 10.5. The van der Waals surface area contributed by atoms with Gasteiger partial charge in [0.05, 0.1) is 17.4 Å². The number of hydrogen-bond donors (Lipinski definition) is 1. The number of amides is 2. The number of Topliss-reactive ketones (excluding diaryl/α,β-unsaturated/α-hetero) is 1. The molecule has 1 aliphatic rings. The van der Waals surface area contributed by atoms with Gasteiger partial charge in [0, 0.05) is 39.2 Å². The van der Waals surface area contributed by atoms with Crippen molar-refractivity contribution in [3.05, 3.63) is 65.2 Å². The molecule has 1 heterocycles. The van der Waals surface area contributed by atoms with E-state index in [2.05, 4.69) is 4.72 Å². The predicted octanol–water partition coefficient (Wildman–Crippen LogP) is 2.17. The van der Waals surface area contributed by atoms with Crippen LogP contribution < -0.4 is 4.72 Å². The summed E-state index contributed by atoms with van der Waals surface area (Å²) in [4.78, 5) is 41.1. The number of carbonyl (C=O) groups is 3. The second kappa shape index (κ2) is 10.9. The van der Waals surface area contributed by atoms with E-state index >= 15 is 0 Å². The van der Waals surface area contributed by atoms with Gasteiger partial charge in [-0.1, -0.05) is 35.9 Å². The van der Waals surface area contributed by atoms with Crippen molar-refractivity contribution in [2.75, 3.05) is 27.2 Å². The maximum atomic E-state index is 13.0. The van der Waals surface area contributed by atoms with Crippen molar-refractivity contribution in [3.63, 3.8) is 0 Å². The zero-order chi connectivity index (χ0) is 24.9. The molecule has 2 aromatic rings. The van der Waals surface area contributed by atoms with Crippen LogP contribution in [0.2, 0.25) is 0 Å². The van der Waals surface area contributed by atoms with Crippen molar-refractivity contribution < 1.29 is 22.8 Å². The number of benzene rings is 2. The molecule has 0 spiro atoms. The zero-order valence-corrected chi connectivity index (χ0v) is 20.6. The number of carbonyl (C=O) groups excluding carboxylic acids is 3. The van der Waals surface area contributed by atoms with Crippen molar-refractivity contribution >= 4 is 27.6 Å². The number of ketones is 1. The number of rotatable bonds is 10. The van der Waals surface area contributed by atoms with Gasteiger partial charge in [-0.05, 0) is 43.5 Å². The molecule has 3 rings (SSSR count). The van der Waals surface area contributed by atoms with Gasteiger partial charge in [0.25, 0.3) is 5.91 Å². The van der Waals surface area contributed by atoms with Gasteiger partial charge in [0.2, 0.25) is 15.9 Å². The highest BCUT2D eigenvalue weighted by molar-refractivity contribution is 7.89. The van der Waals surface area contributed by atoms with Crippen molar-refractivity contribution in [2.45, 2.75) is 43.5 Å². The third-order valence-electron chi connectivity index (χ3n) is 5.93. The molecule has 0 saturated heterocycles. The fourth-order valence-corrected chi connectivity index (χ4v) is 5.08. The Morgan fingerprint density at radius 2 is 1.76 bits per heavy atom. The summed E-state index contributed by atoms with van der Waals surface area (Å²) in [6.07, 6.45) is 0.915. The molecule has 0 fully saturated rings. The molecule has 2 amide bonds. The van der Waals surface area contributed by atoms with Crippen LogP contribution in [-0.4, -0.2) is 69.0 Å². The lowest BCUT2D eigenvalue weighted by Gasteiger charge is -2.28. The summed E-state index contributed by atoms with van der Waals surface area (Å²) in [5.74, 6) is -0.794. The molecule has 9 heteroatoms. The molecule has 34 heavy (non-hydrogen) atoms. The Balaban J connectivity index is 1.65. The molecular formula is C25H31N3O5S. The van der Waals surface area contributed by atoms with Crippen LogP contribution in [0.25, 0.3) is 0 Å². The van der Waals surface area contributed by atoms with Crippen LogP contribution in [0, 0.1) is 6.92 Å². The Hall–Kier alpha value is -3.04. The number of fused-ring (bicyclic) bond motifs is 1. The van der Waals surface area contributed by atoms with Crippen LogP contribution >= 0.6 is 0 Å². The van der Waals surface area contributed by atoms with Crippen LogP contribution in [-0.2, 0) is 26.0 Å². The van der Waals surface area contributed by atoms with Crippen molar-refractivity contribution in [1.29, 1.82) is 0 Å². The summed E-state index contributed by atoms with van der Waals surface area (Å²) in [5, 5.41) is 0. The van der Waals surface area contributed by atoms with Gasteiger partial charge in [-0.15, -0.1) is 0 Å². The SMILES string of the molecule is Cc1ccc(S(=O)(=O)N[C@@H](CC(=O)N(C)C)C(=O)CCCN2CCc3ccccc3C2=O)cc1. The molecule has 2 aromatic carbocycles. The van der Waals surface area contributed by atoms with Crippen LogP contribution in [0.4, 0.5) is 0 Å². The highest BCUT2D eigenvalue weighted by atomic mass is 32.2. The molecule has 182 valence electrons. The van der Waals surface area contributed by atoms with Gasteiger partial charge in [0.15, 0.2) is 5.78 Å². The largest absolute Gasteiger partial charge is 0.349 e. The smallest absolute Gasteiger partial charge is 0.254 e. The zero-order valence-electron chi connectivity index (χ0n) is 19.8. The van der Waals surface area contributed by atoms with Gasteiger partial charge < -0.3 is 9.80 Å². The molecule has 0 radical (unpaired) electrons. The number of nitrogens with zero attached hydrogens (tertiary/aromatic N) is 2. The fraction of sp³-hybridized carbons (Fsp3) is 0.400. The van der Waals surface area contributed by atoms with E-state index in [4.69, 9.17) is 0 Å². The molecule has 0 saturated carbocycles. The van der Waals surface area contributed by atoms with Crippen molar-refractivity contribution in [2.24, 2.45) is 0 Å². The molecule has 1 aliphatic heterocycles. The lowest BCUT2D eigenvalue weighted by atomic mass is 9.98. The molecule has 0 bridgehead atoms. The quantitative estimate of drug-likeness (QED) is 0.556. The Kier molecular flexibility index (Phi) is 8.22. The van der Waals surface area contributed by atoms with E-state index < -0.39 is 16.1 Å². The first kappa shape index (κ1) is 25.6. The number of aryl methyl sites for hydroxylation is 1. The molecular weight excluding hydrogens is 454 g/mol. The van der Waals surface area contributed by atoms with E-state index in [-0.39, 0.29) is 35.3 Å². The lowest BCUT2D eigenvalue weighted by Crippen LogP contribution is -2.44. The minimum Gasteiger partial charge on any atom is -0.349 e. The van der Waals surface area contributed by atoms with Crippen LogP contribution in [0.3, 0.4) is 0 Å². The maximum Gasteiger partial charge on any atom is 0.254 e. The number of nitrogens with one attached hydrogen (secondary N) is 1. The third kappa shape index (κ3) is 6.30. The Labute approximate surface area is 201 Å². The topological polar surface area (TPSA) is 104 Å². The van der Waals surface area contributed by atoms with Crippen LogP contribution in [0.5, 0.6) is 0 Å². The van der Waals surface area contributed by atoms with Gasteiger partial charge in [-0.25, -0.2) is 13.1 Å². The number of sulfonamides is 1. The maximum absolute atomic E-state index is 13.0. The normalized spacial score (nSPS) is 14.4. The summed E-state index contributed by atoms with van der Waals surface area (Å²) in [5.41, 5.74) is 2.61. The van der Waals surface area contributed by atoms with Crippen molar-refractivity contribution in [1.82, 2.24) is 14.5 Å². The monoisotopic (exact) mass is 485 g/mol. The summed E-state index contributed by atoms with van der Waals surface area (Å²) in [6.45, 7) is 2.81. The van der Waals surface area contributed by atoms with E-state index in [0.717, 1.165) is 17.5 Å². The van der Waals surface area contributed by atoms with Crippen molar-refractivity contribution in [3.8, 4) is 0 Å². The molecule has 0 aliphatic carbocycles. The average Bonchev–Trinajstić information content (AvgIpc) is 2.80.